The van der Waals surface area contributed by atoms with Crippen LogP contribution in [-0.2, 0) is 0 Å². The number of anilines is 1. The molecule has 5 rings (SSSR count). The van der Waals surface area contributed by atoms with E-state index in [0.29, 0.717) is 17.8 Å². The highest BCUT2D eigenvalue weighted by Crippen LogP contribution is 2.28. The molecular formula is C22H20FN5. The van der Waals surface area contributed by atoms with Crippen LogP contribution >= 0.6 is 0 Å². The van der Waals surface area contributed by atoms with Crippen molar-refractivity contribution >= 4 is 28.0 Å². The maximum absolute atomic E-state index is 14.3. The van der Waals surface area contributed by atoms with Crippen LogP contribution in [0.5, 0.6) is 0 Å². The Morgan fingerprint density at radius 2 is 2.00 bits per heavy atom. The van der Waals surface area contributed by atoms with E-state index in [4.69, 9.17) is 10.7 Å². The SMILES string of the molecule is NC1CCN(c2cnc3ccc(C4=CCN=C4c4ccccc4F)nc3c2)C1. The summed E-state index contributed by atoms with van der Waals surface area (Å²) in [5.41, 5.74) is 11.5. The third kappa shape index (κ3) is 2.96. The van der Waals surface area contributed by atoms with Crippen LogP contribution in [0.1, 0.15) is 17.7 Å². The van der Waals surface area contributed by atoms with Gasteiger partial charge in [0.1, 0.15) is 5.82 Å². The number of hydrogen-bond acceptors (Lipinski definition) is 5. The van der Waals surface area contributed by atoms with Crippen LogP contribution in [0.2, 0.25) is 0 Å². The van der Waals surface area contributed by atoms with Gasteiger partial charge < -0.3 is 10.6 Å². The van der Waals surface area contributed by atoms with Crippen LogP contribution in [0.4, 0.5) is 10.1 Å². The van der Waals surface area contributed by atoms with E-state index in [9.17, 15) is 4.39 Å². The molecule has 0 aliphatic carbocycles. The second-order valence-electron chi connectivity index (χ2n) is 7.21. The predicted octanol–water partition coefficient (Wildman–Crippen LogP) is 3.19. The Labute approximate surface area is 162 Å². The number of allylic oxidation sites excluding steroid dienone is 1. The fraction of sp³-hybridized carbons (Fsp3) is 0.227. The zero-order valence-electron chi connectivity index (χ0n) is 15.3. The number of nitrogens with two attached hydrogens (primary N) is 1. The average Bonchev–Trinajstić information content (AvgIpc) is 3.37. The summed E-state index contributed by atoms with van der Waals surface area (Å²) >= 11 is 0. The molecule has 0 saturated carbocycles. The molecule has 2 aliphatic heterocycles. The van der Waals surface area contributed by atoms with Gasteiger partial charge >= 0.3 is 0 Å². The van der Waals surface area contributed by atoms with Gasteiger partial charge in [0.05, 0.1) is 40.9 Å². The first-order valence-electron chi connectivity index (χ1n) is 9.46. The molecule has 1 fully saturated rings. The summed E-state index contributed by atoms with van der Waals surface area (Å²) in [6.45, 7) is 2.30. The maximum atomic E-state index is 14.3. The molecule has 4 heterocycles. The quantitative estimate of drug-likeness (QED) is 0.766. The molecule has 1 saturated heterocycles. The lowest BCUT2D eigenvalue weighted by atomic mass is 10.00. The number of nitrogens with zero attached hydrogens (tertiary/aromatic N) is 4. The highest BCUT2D eigenvalue weighted by molar-refractivity contribution is 6.32. The molecule has 140 valence electrons. The largest absolute Gasteiger partial charge is 0.369 e. The van der Waals surface area contributed by atoms with E-state index in [1.807, 2.05) is 30.5 Å². The topological polar surface area (TPSA) is 67.4 Å². The summed E-state index contributed by atoms with van der Waals surface area (Å²) in [5.74, 6) is -0.274. The Balaban J connectivity index is 1.52. The number of aromatic nitrogens is 2. The third-order valence-corrected chi connectivity index (χ3v) is 5.32. The lowest BCUT2D eigenvalue weighted by molar-refractivity contribution is 0.625. The summed E-state index contributed by atoms with van der Waals surface area (Å²) < 4.78 is 14.3. The predicted molar refractivity (Wildman–Crippen MR) is 110 cm³/mol. The standard InChI is InChI=1S/C22H20FN5/c23-18-4-2-1-3-16(18)22-17(7-9-25-22)19-5-6-20-21(27-19)11-15(12-26-20)28-10-8-14(24)13-28/h1-7,11-12,14H,8-10,13,24H2. The minimum atomic E-state index is -0.274. The number of aliphatic imine (C=N–C) groups is 1. The van der Waals surface area contributed by atoms with E-state index in [2.05, 4.69) is 20.9 Å². The summed E-state index contributed by atoms with van der Waals surface area (Å²) in [6.07, 6.45) is 4.86. The van der Waals surface area contributed by atoms with Crippen molar-refractivity contribution in [1.29, 1.82) is 0 Å². The lowest BCUT2D eigenvalue weighted by Crippen LogP contribution is -2.26. The van der Waals surface area contributed by atoms with Gasteiger partial charge in [-0.1, -0.05) is 18.2 Å². The van der Waals surface area contributed by atoms with E-state index in [1.54, 1.807) is 12.1 Å². The Morgan fingerprint density at radius 3 is 2.82 bits per heavy atom. The Morgan fingerprint density at radius 1 is 1.11 bits per heavy atom. The molecule has 28 heavy (non-hydrogen) atoms. The second kappa shape index (κ2) is 6.80. The van der Waals surface area contributed by atoms with Gasteiger partial charge in [-0.15, -0.1) is 0 Å². The van der Waals surface area contributed by atoms with Crippen LogP contribution in [0, 0.1) is 5.82 Å². The summed E-state index contributed by atoms with van der Waals surface area (Å²) in [7, 11) is 0. The minimum Gasteiger partial charge on any atom is -0.369 e. The Bertz CT molecular complexity index is 1120. The van der Waals surface area contributed by atoms with Crippen LogP contribution in [0.25, 0.3) is 16.6 Å². The molecule has 0 amide bonds. The first-order chi connectivity index (χ1) is 13.7. The summed E-state index contributed by atoms with van der Waals surface area (Å²) in [4.78, 5) is 16.1. The number of rotatable bonds is 3. The fourth-order valence-electron chi connectivity index (χ4n) is 3.86. The van der Waals surface area contributed by atoms with Gasteiger partial charge in [0.2, 0.25) is 0 Å². The highest BCUT2D eigenvalue weighted by atomic mass is 19.1. The lowest BCUT2D eigenvalue weighted by Gasteiger charge is -2.18. The van der Waals surface area contributed by atoms with Crippen LogP contribution < -0.4 is 10.6 Å². The molecule has 0 bridgehead atoms. The number of benzene rings is 1. The van der Waals surface area contributed by atoms with Gasteiger partial charge in [-0.05, 0) is 36.8 Å². The summed E-state index contributed by atoms with van der Waals surface area (Å²) in [5, 5.41) is 0. The molecule has 0 spiro atoms. The molecule has 2 N–H and O–H groups in total. The molecule has 1 aromatic carbocycles. The molecule has 6 heteroatoms. The van der Waals surface area contributed by atoms with Gasteiger partial charge in [0.15, 0.2) is 0 Å². The second-order valence-corrected chi connectivity index (χ2v) is 7.21. The van der Waals surface area contributed by atoms with Gasteiger partial charge in [-0.3, -0.25) is 9.98 Å². The molecule has 2 aliphatic rings. The highest BCUT2D eigenvalue weighted by Gasteiger charge is 2.22. The van der Waals surface area contributed by atoms with Crippen molar-refractivity contribution in [1.82, 2.24) is 9.97 Å². The smallest absolute Gasteiger partial charge is 0.132 e. The van der Waals surface area contributed by atoms with Gasteiger partial charge in [0.25, 0.3) is 0 Å². The first kappa shape index (κ1) is 17.0. The molecule has 1 unspecified atom stereocenters. The van der Waals surface area contributed by atoms with Crippen molar-refractivity contribution in [3.8, 4) is 0 Å². The van der Waals surface area contributed by atoms with Crippen LogP contribution in [0.15, 0.2) is 59.7 Å². The van der Waals surface area contributed by atoms with E-state index >= 15 is 0 Å². The monoisotopic (exact) mass is 373 g/mol. The van der Waals surface area contributed by atoms with Gasteiger partial charge in [-0.2, -0.15) is 0 Å². The van der Waals surface area contributed by atoms with E-state index in [0.717, 1.165) is 47.5 Å². The molecular weight excluding hydrogens is 353 g/mol. The molecule has 2 aromatic heterocycles. The fourth-order valence-corrected chi connectivity index (χ4v) is 3.86. The number of fused-ring (bicyclic) bond motifs is 1. The number of pyridine rings is 2. The number of halogens is 1. The zero-order chi connectivity index (χ0) is 19.1. The van der Waals surface area contributed by atoms with Crippen molar-refractivity contribution in [2.24, 2.45) is 10.7 Å². The van der Waals surface area contributed by atoms with E-state index < -0.39 is 0 Å². The number of hydrogen-bond donors (Lipinski definition) is 1. The van der Waals surface area contributed by atoms with Crippen LogP contribution in [0.3, 0.4) is 0 Å². The third-order valence-electron chi connectivity index (χ3n) is 5.32. The Kier molecular flexibility index (Phi) is 4.13. The van der Waals surface area contributed by atoms with Gasteiger partial charge in [-0.25, -0.2) is 9.37 Å². The maximum Gasteiger partial charge on any atom is 0.132 e. The molecule has 3 aromatic rings. The Hall–Kier alpha value is -3.12. The minimum absolute atomic E-state index is 0.207. The molecule has 5 nitrogen and oxygen atoms in total. The normalized spacial score (nSPS) is 19.2. The molecule has 0 radical (unpaired) electrons. The van der Waals surface area contributed by atoms with Crippen molar-refractivity contribution < 1.29 is 4.39 Å². The average molecular weight is 373 g/mol. The zero-order valence-corrected chi connectivity index (χ0v) is 15.3. The van der Waals surface area contributed by atoms with E-state index in [-0.39, 0.29) is 11.9 Å². The van der Waals surface area contributed by atoms with Crippen molar-refractivity contribution in [3.05, 3.63) is 71.8 Å². The van der Waals surface area contributed by atoms with E-state index in [1.165, 1.54) is 6.07 Å². The summed E-state index contributed by atoms with van der Waals surface area (Å²) in [6, 6.07) is 12.9. The van der Waals surface area contributed by atoms with Crippen LogP contribution in [-0.4, -0.2) is 41.4 Å². The first-order valence-corrected chi connectivity index (χ1v) is 9.46. The van der Waals surface area contributed by atoms with Crippen molar-refractivity contribution in [2.75, 3.05) is 24.5 Å². The van der Waals surface area contributed by atoms with Gasteiger partial charge in [0, 0.05) is 30.3 Å². The molecule has 1 atom stereocenters. The van der Waals surface area contributed by atoms with Crippen molar-refractivity contribution in [3.63, 3.8) is 0 Å². The van der Waals surface area contributed by atoms with Crippen molar-refractivity contribution in [2.45, 2.75) is 12.5 Å².